The van der Waals surface area contributed by atoms with Crippen molar-refractivity contribution in [2.24, 2.45) is 0 Å². The Bertz CT molecular complexity index is 531. The van der Waals surface area contributed by atoms with Crippen LogP contribution in [0.3, 0.4) is 0 Å². The third-order valence-corrected chi connectivity index (χ3v) is 2.22. The summed E-state index contributed by atoms with van der Waals surface area (Å²) in [7, 11) is 1.70. The number of ether oxygens (including phenoxy) is 1. The molecule has 0 aliphatic rings. The number of aryl methyl sites for hydroxylation is 1. The van der Waals surface area contributed by atoms with Crippen LogP contribution >= 0.6 is 0 Å². The standard InChI is InChI=1S/C12H12FN3O/c1-8-4-3-5-9(11(8)13)17-10-6-7-15-12(14-2)16-10/h3-7H,1-2H3,(H,14,15,16). The average molecular weight is 233 g/mol. The summed E-state index contributed by atoms with van der Waals surface area (Å²) in [6, 6.07) is 6.54. The number of halogens is 1. The molecule has 1 heterocycles. The van der Waals surface area contributed by atoms with Crippen molar-refractivity contribution in [1.29, 1.82) is 0 Å². The van der Waals surface area contributed by atoms with Gasteiger partial charge in [-0.1, -0.05) is 12.1 Å². The van der Waals surface area contributed by atoms with Crippen LogP contribution in [0.4, 0.5) is 10.3 Å². The van der Waals surface area contributed by atoms with E-state index in [-0.39, 0.29) is 11.6 Å². The Morgan fingerprint density at radius 2 is 2.12 bits per heavy atom. The van der Waals surface area contributed by atoms with Crippen molar-refractivity contribution < 1.29 is 9.13 Å². The molecule has 1 aromatic heterocycles. The van der Waals surface area contributed by atoms with Crippen molar-refractivity contribution in [2.75, 3.05) is 12.4 Å². The predicted octanol–water partition coefficient (Wildman–Crippen LogP) is 2.76. The van der Waals surface area contributed by atoms with Crippen molar-refractivity contribution in [1.82, 2.24) is 9.97 Å². The molecule has 17 heavy (non-hydrogen) atoms. The van der Waals surface area contributed by atoms with E-state index in [1.807, 2.05) is 0 Å². The van der Waals surface area contributed by atoms with Gasteiger partial charge >= 0.3 is 0 Å². The monoisotopic (exact) mass is 233 g/mol. The van der Waals surface area contributed by atoms with Crippen LogP contribution in [0.5, 0.6) is 11.6 Å². The Morgan fingerprint density at radius 1 is 1.29 bits per heavy atom. The third kappa shape index (κ3) is 2.50. The van der Waals surface area contributed by atoms with E-state index in [0.717, 1.165) is 0 Å². The van der Waals surface area contributed by atoms with Gasteiger partial charge in [0, 0.05) is 19.3 Å². The van der Waals surface area contributed by atoms with Gasteiger partial charge in [0.05, 0.1) is 0 Å². The summed E-state index contributed by atoms with van der Waals surface area (Å²) in [5.74, 6) is 0.507. The fraction of sp³-hybridized carbons (Fsp3) is 0.167. The highest BCUT2D eigenvalue weighted by molar-refractivity contribution is 5.34. The fourth-order valence-corrected chi connectivity index (χ4v) is 1.33. The molecule has 2 rings (SSSR count). The molecule has 0 spiro atoms. The molecule has 0 radical (unpaired) electrons. The van der Waals surface area contributed by atoms with E-state index in [0.29, 0.717) is 17.4 Å². The number of nitrogens with one attached hydrogen (secondary N) is 1. The number of benzene rings is 1. The van der Waals surface area contributed by atoms with Crippen LogP contribution in [0.2, 0.25) is 0 Å². The predicted molar refractivity (Wildman–Crippen MR) is 62.8 cm³/mol. The first-order valence-corrected chi connectivity index (χ1v) is 5.14. The van der Waals surface area contributed by atoms with E-state index in [1.165, 1.54) is 0 Å². The van der Waals surface area contributed by atoms with Gasteiger partial charge in [-0.05, 0) is 18.6 Å². The van der Waals surface area contributed by atoms with Gasteiger partial charge in [-0.2, -0.15) is 4.98 Å². The number of rotatable bonds is 3. The Labute approximate surface area is 98.5 Å². The summed E-state index contributed by atoms with van der Waals surface area (Å²) in [5.41, 5.74) is 0.533. The van der Waals surface area contributed by atoms with Gasteiger partial charge in [-0.25, -0.2) is 9.37 Å². The Balaban J connectivity index is 2.28. The number of anilines is 1. The van der Waals surface area contributed by atoms with Crippen molar-refractivity contribution in [3.05, 3.63) is 41.8 Å². The molecule has 2 aromatic rings. The lowest BCUT2D eigenvalue weighted by atomic mass is 10.2. The Kier molecular flexibility index (Phi) is 3.18. The molecular weight excluding hydrogens is 221 g/mol. The zero-order valence-corrected chi connectivity index (χ0v) is 9.57. The number of aromatic nitrogens is 2. The second kappa shape index (κ2) is 4.78. The van der Waals surface area contributed by atoms with Gasteiger partial charge in [-0.15, -0.1) is 0 Å². The minimum absolute atomic E-state index is 0.158. The smallest absolute Gasteiger partial charge is 0.225 e. The largest absolute Gasteiger partial charge is 0.436 e. The van der Waals surface area contributed by atoms with Crippen LogP contribution in [-0.2, 0) is 0 Å². The highest BCUT2D eigenvalue weighted by Crippen LogP contribution is 2.24. The van der Waals surface area contributed by atoms with E-state index >= 15 is 0 Å². The maximum Gasteiger partial charge on any atom is 0.225 e. The lowest BCUT2D eigenvalue weighted by Gasteiger charge is -2.07. The van der Waals surface area contributed by atoms with Crippen LogP contribution < -0.4 is 10.1 Å². The number of nitrogens with zero attached hydrogens (tertiary/aromatic N) is 2. The molecule has 4 nitrogen and oxygen atoms in total. The molecule has 0 aliphatic carbocycles. The zero-order valence-electron chi connectivity index (χ0n) is 9.57. The quantitative estimate of drug-likeness (QED) is 0.885. The molecule has 88 valence electrons. The van der Waals surface area contributed by atoms with E-state index < -0.39 is 0 Å². The first kappa shape index (κ1) is 11.3. The summed E-state index contributed by atoms with van der Waals surface area (Å²) in [5, 5.41) is 2.78. The van der Waals surface area contributed by atoms with Crippen LogP contribution in [0, 0.1) is 12.7 Å². The van der Waals surface area contributed by atoms with Gasteiger partial charge in [0.15, 0.2) is 11.6 Å². The Hall–Kier alpha value is -2.17. The third-order valence-electron chi connectivity index (χ3n) is 2.22. The molecule has 0 fully saturated rings. The second-order valence-electron chi connectivity index (χ2n) is 3.46. The van der Waals surface area contributed by atoms with Gasteiger partial charge < -0.3 is 10.1 Å². The van der Waals surface area contributed by atoms with Crippen LogP contribution in [0.25, 0.3) is 0 Å². The van der Waals surface area contributed by atoms with Crippen LogP contribution in [0.15, 0.2) is 30.5 Å². The van der Waals surface area contributed by atoms with Crippen molar-refractivity contribution in [2.45, 2.75) is 6.92 Å². The number of hydrogen-bond donors (Lipinski definition) is 1. The molecule has 0 saturated heterocycles. The van der Waals surface area contributed by atoms with Crippen molar-refractivity contribution in [3.63, 3.8) is 0 Å². The van der Waals surface area contributed by atoms with E-state index in [4.69, 9.17) is 4.74 Å². The van der Waals surface area contributed by atoms with Crippen molar-refractivity contribution >= 4 is 5.95 Å². The summed E-state index contributed by atoms with van der Waals surface area (Å²) in [6.07, 6.45) is 1.54. The Morgan fingerprint density at radius 3 is 2.88 bits per heavy atom. The molecule has 0 amide bonds. The maximum atomic E-state index is 13.7. The summed E-state index contributed by atoms with van der Waals surface area (Å²) < 4.78 is 19.1. The molecule has 0 bridgehead atoms. The minimum Gasteiger partial charge on any atom is -0.436 e. The van der Waals surface area contributed by atoms with Crippen molar-refractivity contribution in [3.8, 4) is 11.6 Å². The van der Waals surface area contributed by atoms with E-state index in [1.54, 1.807) is 44.4 Å². The molecule has 0 atom stereocenters. The molecular formula is C12H12FN3O. The molecule has 0 aliphatic heterocycles. The molecule has 0 saturated carbocycles. The molecule has 1 N–H and O–H groups in total. The molecule has 1 aromatic carbocycles. The van der Waals surface area contributed by atoms with Gasteiger partial charge in [-0.3, -0.25) is 0 Å². The normalized spacial score (nSPS) is 10.1. The SMILES string of the molecule is CNc1nccc(Oc2cccc(C)c2F)n1. The van der Waals surface area contributed by atoms with Gasteiger partial charge in [0.25, 0.3) is 0 Å². The highest BCUT2D eigenvalue weighted by atomic mass is 19.1. The second-order valence-corrected chi connectivity index (χ2v) is 3.46. The molecule has 0 unspecified atom stereocenters. The zero-order chi connectivity index (χ0) is 12.3. The van der Waals surface area contributed by atoms with Crippen LogP contribution in [-0.4, -0.2) is 17.0 Å². The maximum absolute atomic E-state index is 13.7. The van der Waals surface area contributed by atoms with Crippen LogP contribution in [0.1, 0.15) is 5.56 Å². The summed E-state index contributed by atoms with van der Waals surface area (Å²) in [6.45, 7) is 1.68. The lowest BCUT2D eigenvalue weighted by molar-refractivity contribution is 0.425. The van der Waals surface area contributed by atoms with Gasteiger partial charge in [0.1, 0.15) is 0 Å². The summed E-state index contributed by atoms with van der Waals surface area (Å²) >= 11 is 0. The van der Waals surface area contributed by atoms with Gasteiger partial charge in [0.2, 0.25) is 11.8 Å². The summed E-state index contributed by atoms with van der Waals surface area (Å²) in [4.78, 5) is 7.99. The first-order valence-electron chi connectivity index (χ1n) is 5.14. The highest BCUT2D eigenvalue weighted by Gasteiger charge is 2.08. The van der Waals surface area contributed by atoms with E-state index in [2.05, 4.69) is 15.3 Å². The number of hydrogen-bond acceptors (Lipinski definition) is 4. The lowest BCUT2D eigenvalue weighted by Crippen LogP contribution is -1.98. The average Bonchev–Trinajstić information content (AvgIpc) is 2.35. The topological polar surface area (TPSA) is 47.0 Å². The molecule has 5 heteroatoms. The first-order chi connectivity index (χ1) is 8.20. The van der Waals surface area contributed by atoms with E-state index in [9.17, 15) is 4.39 Å². The minimum atomic E-state index is -0.378. The fourth-order valence-electron chi connectivity index (χ4n) is 1.33.